The summed E-state index contributed by atoms with van der Waals surface area (Å²) in [6, 6.07) is -5.12. The lowest BCUT2D eigenvalue weighted by Crippen LogP contribution is -2.58. The largest absolute Gasteiger partial charge is 0.481 e. The van der Waals surface area contributed by atoms with Crippen LogP contribution in [0, 0.1) is 5.92 Å². The Morgan fingerprint density at radius 3 is 1.95 bits per heavy atom. The molecule has 10 N–H and O–H groups in total. The van der Waals surface area contributed by atoms with Gasteiger partial charge in [-0.25, -0.2) is 9.78 Å². The number of H-pyrrole nitrogens is 1. The van der Waals surface area contributed by atoms with Gasteiger partial charge >= 0.3 is 11.9 Å². The van der Waals surface area contributed by atoms with Crippen molar-refractivity contribution in [3.05, 3.63) is 18.2 Å². The summed E-state index contributed by atoms with van der Waals surface area (Å²) in [6.45, 7) is 3.56. The molecule has 206 valence electrons. The molecule has 0 radical (unpaired) electrons. The van der Waals surface area contributed by atoms with Crippen LogP contribution in [-0.4, -0.2) is 79.9 Å². The Balaban J connectivity index is 3.05. The van der Waals surface area contributed by atoms with Gasteiger partial charge in [0.2, 0.25) is 23.6 Å². The molecule has 15 nitrogen and oxygen atoms in total. The second kappa shape index (κ2) is 15.2. The van der Waals surface area contributed by atoms with E-state index in [1.807, 2.05) is 6.92 Å². The van der Waals surface area contributed by atoms with Gasteiger partial charge < -0.3 is 42.6 Å². The van der Waals surface area contributed by atoms with Crippen molar-refractivity contribution in [2.45, 2.75) is 76.5 Å². The predicted octanol–water partition coefficient (Wildman–Crippen LogP) is -2.01. The SMILES string of the molecule is CCC(C)C(N)C(=O)NC(CCC(=O)O)C(=O)NC(CCC(N)=O)C(=O)NC(Cc1cnc[nH]1)C(=O)O. The van der Waals surface area contributed by atoms with E-state index >= 15 is 0 Å². The highest BCUT2D eigenvalue weighted by Crippen LogP contribution is 2.08. The van der Waals surface area contributed by atoms with Crippen molar-refractivity contribution in [1.82, 2.24) is 25.9 Å². The second-order valence-electron chi connectivity index (χ2n) is 8.65. The number of aliphatic carboxylic acids is 2. The highest BCUT2D eigenvalue weighted by Gasteiger charge is 2.31. The minimum absolute atomic E-state index is 0.137. The fraction of sp³-hybridized carbons (Fsp3) is 0.591. The average molecular weight is 526 g/mol. The van der Waals surface area contributed by atoms with Crippen molar-refractivity contribution in [2.75, 3.05) is 0 Å². The zero-order valence-corrected chi connectivity index (χ0v) is 20.7. The van der Waals surface area contributed by atoms with Gasteiger partial charge in [0.05, 0.1) is 12.4 Å². The average Bonchev–Trinajstić information content (AvgIpc) is 3.35. The quantitative estimate of drug-likeness (QED) is 0.111. The Hall–Kier alpha value is -4.01. The smallest absolute Gasteiger partial charge is 0.326 e. The van der Waals surface area contributed by atoms with Crippen LogP contribution in [0.5, 0.6) is 0 Å². The van der Waals surface area contributed by atoms with E-state index < -0.39 is 66.2 Å². The molecule has 1 heterocycles. The molecule has 0 spiro atoms. The van der Waals surface area contributed by atoms with Gasteiger partial charge in [0.15, 0.2) is 0 Å². The molecule has 37 heavy (non-hydrogen) atoms. The molecule has 4 amide bonds. The molecule has 0 saturated carbocycles. The lowest BCUT2D eigenvalue weighted by Gasteiger charge is -2.25. The summed E-state index contributed by atoms with van der Waals surface area (Å²) in [4.78, 5) is 79.0. The monoisotopic (exact) mass is 525 g/mol. The Bertz CT molecular complexity index is 953. The van der Waals surface area contributed by atoms with Crippen LogP contribution in [0.25, 0.3) is 0 Å². The number of nitrogens with two attached hydrogens (primary N) is 2. The van der Waals surface area contributed by atoms with E-state index in [9.17, 15) is 33.9 Å². The van der Waals surface area contributed by atoms with Crippen molar-refractivity contribution in [1.29, 1.82) is 0 Å². The third kappa shape index (κ3) is 11.1. The summed E-state index contributed by atoms with van der Waals surface area (Å²) in [5.74, 6) is -6.06. The van der Waals surface area contributed by atoms with Crippen LogP contribution in [0.4, 0.5) is 0 Å². The highest BCUT2D eigenvalue weighted by atomic mass is 16.4. The first-order valence-electron chi connectivity index (χ1n) is 11.7. The Morgan fingerprint density at radius 1 is 0.946 bits per heavy atom. The summed E-state index contributed by atoms with van der Waals surface area (Å²) in [5, 5.41) is 25.6. The first-order chi connectivity index (χ1) is 17.3. The van der Waals surface area contributed by atoms with Gasteiger partial charge in [0, 0.05) is 31.2 Å². The zero-order valence-electron chi connectivity index (χ0n) is 20.7. The van der Waals surface area contributed by atoms with Gasteiger partial charge in [0.1, 0.15) is 18.1 Å². The van der Waals surface area contributed by atoms with E-state index in [-0.39, 0.29) is 31.6 Å². The molecule has 5 unspecified atom stereocenters. The number of carboxylic acid groups (broad SMARTS) is 2. The third-order valence-corrected chi connectivity index (χ3v) is 5.75. The fourth-order valence-electron chi connectivity index (χ4n) is 3.23. The van der Waals surface area contributed by atoms with Crippen molar-refractivity contribution in [3.63, 3.8) is 0 Å². The number of hydrogen-bond donors (Lipinski definition) is 8. The van der Waals surface area contributed by atoms with Crippen LogP contribution in [0.15, 0.2) is 12.5 Å². The molecule has 0 aliphatic heterocycles. The molecule has 0 fully saturated rings. The fourth-order valence-corrected chi connectivity index (χ4v) is 3.23. The zero-order chi connectivity index (χ0) is 28.1. The first-order valence-corrected chi connectivity index (χ1v) is 11.7. The minimum atomic E-state index is -1.41. The molecule has 0 aromatic carbocycles. The predicted molar refractivity (Wildman–Crippen MR) is 128 cm³/mol. The molecule has 0 aliphatic carbocycles. The molecular formula is C22H35N7O8. The summed E-state index contributed by atoms with van der Waals surface area (Å²) in [7, 11) is 0. The van der Waals surface area contributed by atoms with Crippen LogP contribution in [-0.2, 0) is 35.2 Å². The van der Waals surface area contributed by atoms with Crippen molar-refractivity contribution < 1.29 is 39.0 Å². The van der Waals surface area contributed by atoms with Gasteiger partial charge in [-0.1, -0.05) is 20.3 Å². The molecule has 0 bridgehead atoms. The molecule has 0 saturated heterocycles. The number of nitrogens with one attached hydrogen (secondary N) is 4. The number of aromatic nitrogens is 2. The van der Waals surface area contributed by atoms with Crippen LogP contribution >= 0.6 is 0 Å². The van der Waals surface area contributed by atoms with Gasteiger partial charge in [-0.2, -0.15) is 0 Å². The number of imidazole rings is 1. The third-order valence-electron chi connectivity index (χ3n) is 5.75. The number of amides is 4. The standard InChI is InChI=1S/C22H35N7O8/c1-3-11(2)18(24)21(35)28-14(5-7-17(31)32)19(33)27-13(4-6-16(23)30)20(34)29-15(22(36)37)8-12-9-25-10-26-12/h9-11,13-15,18H,3-8,24H2,1-2H3,(H2,23,30)(H,25,26)(H,27,33)(H,28,35)(H,29,34)(H,31,32)(H,36,37). The topological polar surface area (TPSA) is 260 Å². The van der Waals surface area contributed by atoms with E-state index in [0.29, 0.717) is 12.1 Å². The Morgan fingerprint density at radius 2 is 1.49 bits per heavy atom. The lowest BCUT2D eigenvalue weighted by molar-refractivity contribution is -0.142. The normalized spacial score (nSPS) is 14.9. The number of carboxylic acids is 2. The maximum absolute atomic E-state index is 13.0. The number of nitrogens with zero attached hydrogens (tertiary/aromatic N) is 1. The maximum atomic E-state index is 13.0. The number of rotatable bonds is 17. The number of carbonyl (C=O) groups excluding carboxylic acids is 4. The van der Waals surface area contributed by atoms with E-state index in [1.54, 1.807) is 6.92 Å². The summed E-state index contributed by atoms with van der Waals surface area (Å²) >= 11 is 0. The molecular weight excluding hydrogens is 490 g/mol. The number of hydrogen-bond acceptors (Lipinski definition) is 8. The van der Waals surface area contributed by atoms with Crippen LogP contribution in [0.3, 0.4) is 0 Å². The van der Waals surface area contributed by atoms with Crippen LogP contribution < -0.4 is 27.4 Å². The van der Waals surface area contributed by atoms with E-state index in [1.165, 1.54) is 12.5 Å². The second-order valence-corrected chi connectivity index (χ2v) is 8.65. The van der Waals surface area contributed by atoms with Crippen molar-refractivity contribution >= 4 is 35.6 Å². The molecule has 15 heteroatoms. The van der Waals surface area contributed by atoms with Gasteiger partial charge in [-0.15, -0.1) is 0 Å². The summed E-state index contributed by atoms with van der Waals surface area (Å²) in [5.41, 5.74) is 11.5. The number of aromatic amines is 1. The number of carbonyl (C=O) groups is 6. The van der Waals surface area contributed by atoms with Gasteiger partial charge in [-0.05, 0) is 18.8 Å². The van der Waals surface area contributed by atoms with E-state index in [2.05, 4.69) is 25.9 Å². The minimum Gasteiger partial charge on any atom is -0.481 e. The maximum Gasteiger partial charge on any atom is 0.326 e. The molecule has 1 rings (SSSR count). The van der Waals surface area contributed by atoms with Gasteiger partial charge in [-0.3, -0.25) is 24.0 Å². The van der Waals surface area contributed by atoms with E-state index in [4.69, 9.17) is 16.6 Å². The summed E-state index contributed by atoms with van der Waals surface area (Å²) < 4.78 is 0. The van der Waals surface area contributed by atoms with Crippen LogP contribution in [0.1, 0.15) is 51.6 Å². The first kappa shape index (κ1) is 31.0. The summed E-state index contributed by atoms with van der Waals surface area (Å²) in [6.07, 6.45) is 1.81. The molecule has 0 aliphatic rings. The molecule has 1 aromatic heterocycles. The van der Waals surface area contributed by atoms with Gasteiger partial charge in [0.25, 0.3) is 0 Å². The number of primary amides is 1. The van der Waals surface area contributed by atoms with Crippen LogP contribution in [0.2, 0.25) is 0 Å². The van der Waals surface area contributed by atoms with E-state index in [0.717, 1.165) is 0 Å². The molecule has 1 aromatic rings. The highest BCUT2D eigenvalue weighted by molar-refractivity contribution is 5.94. The lowest BCUT2D eigenvalue weighted by atomic mass is 9.98. The Labute approximate surface area is 213 Å². The van der Waals surface area contributed by atoms with Crippen molar-refractivity contribution in [3.8, 4) is 0 Å². The van der Waals surface area contributed by atoms with Crippen molar-refractivity contribution in [2.24, 2.45) is 17.4 Å². The Kier molecular flexibility index (Phi) is 12.7. The molecule has 5 atom stereocenters.